The molecule has 0 spiro atoms. The molecule has 0 amide bonds. The van der Waals surface area contributed by atoms with Crippen LogP contribution in [0.1, 0.15) is 17.3 Å². The molecule has 0 saturated carbocycles. The van der Waals surface area contributed by atoms with Crippen LogP contribution >= 0.6 is 0 Å². The van der Waals surface area contributed by atoms with Crippen LogP contribution in [0.4, 0.5) is 0 Å². The molecule has 5 heteroatoms. The fourth-order valence-electron chi connectivity index (χ4n) is 1.05. The minimum absolute atomic E-state index is 0. The van der Waals surface area contributed by atoms with E-state index in [4.69, 9.17) is 9.47 Å². The first-order valence-electron chi connectivity index (χ1n) is 5.07. The highest BCUT2D eigenvalue weighted by molar-refractivity contribution is 5.89. The molecule has 4 nitrogen and oxygen atoms in total. The van der Waals surface area contributed by atoms with Crippen molar-refractivity contribution in [3.8, 4) is 5.75 Å². The second-order valence-corrected chi connectivity index (χ2v) is 3.43. The Morgan fingerprint density at radius 2 is 1.88 bits per heavy atom. The quantitative estimate of drug-likeness (QED) is 0.287. The van der Waals surface area contributed by atoms with Crippen molar-refractivity contribution in [3.05, 3.63) is 29.8 Å². The molecule has 0 saturated heterocycles. The number of carbonyl (C=O) groups is 1. The lowest BCUT2D eigenvalue weighted by Crippen LogP contribution is -3.00. The van der Waals surface area contributed by atoms with Crippen LogP contribution in [0.3, 0.4) is 0 Å². The number of esters is 1. The number of hydrogen-bond acceptors (Lipinski definition) is 3. The van der Waals surface area contributed by atoms with E-state index >= 15 is 0 Å². The minimum atomic E-state index is -0.314. The van der Waals surface area contributed by atoms with E-state index in [0.29, 0.717) is 17.9 Å². The van der Waals surface area contributed by atoms with Gasteiger partial charge in [-0.3, -0.25) is 0 Å². The lowest BCUT2D eigenvalue weighted by atomic mass is 10.2. The Labute approximate surface area is 107 Å². The second-order valence-electron chi connectivity index (χ2n) is 3.43. The summed E-state index contributed by atoms with van der Waals surface area (Å²) >= 11 is 0. The Morgan fingerprint density at radius 1 is 1.29 bits per heavy atom. The third kappa shape index (κ3) is 5.36. The molecular formula is C12H16ClNO3. The van der Waals surface area contributed by atoms with E-state index in [1.54, 1.807) is 42.2 Å². The van der Waals surface area contributed by atoms with Gasteiger partial charge in [-0.25, -0.2) is 9.37 Å². The summed E-state index contributed by atoms with van der Waals surface area (Å²) in [5.74, 6) is 0.368. The average Bonchev–Trinajstić information content (AvgIpc) is 2.27. The summed E-state index contributed by atoms with van der Waals surface area (Å²) in [5, 5.41) is 0. The Kier molecular flexibility index (Phi) is 6.98. The fraction of sp³-hybridized carbons (Fsp3) is 0.333. The summed E-state index contributed by atoms with van der Waals surface area (Å²) in [5.41, 5.74) is 0.527. The molecule has 0 fully saturated rings. The van der Waals surface area contributed by atoms with Crippen molar-refractivity contribution in [1.82, 2.24) is 0 Å². The first-order chi connectivity index (χ1) is 7.63. The average molecular weight is 258 g/mol. The smallest absolute Gasteiger partial charge is 0.338 e. The van der Waals surface area contributed by atoms with Gasteiger partial charge in [0.1, 0.15) is 19.8 Å². The summed E-state index contributed by atoms with van der Waals surface area (Å²) in [6, 6.07) is 6.81. The van der Waals surface area contributed by atoms with Crippen LogP contribution in [-0.2, 0) is 4.74 Å². The van der Waals surface area contributed by atoms with Crippen molar-refractivity contribution in [3.63, 3.8) is 0 Å². The van der Waals surface area contributed by atoms with Gasteiger partial charge in [0.25, 0.3) is 0 Å². The first kappa shape index (κ1) is 15.4. The summed E-state index contributed by atoms with van der Waals surface area (Å²) in [6.45, 7) is 2.16. The summed E-state index contributed by atoms with van der Waals surface area (Å²) in [4.78, 5) is 11.3. The molecular weight excluding hydrogens is 242 g/mol. The molecule has 17 heavy (non-hydrogen) atoms. The number of nitrogens with zero attached hydrogens (tertiary/aromatic N) is 1. The van der Waals surface area contributed by atoms with Crippen LogP contribution < -0.4 is 17.1 Å². The highest BCUT2D eigenvalue weighted by atomic mass is 35.5. The second kappa shape index (κ2) is 7.68. The first-order valence-corrected chi connectivity index (χ1v) is 5.07. The van der Waals surface area contributed by atoms with Crippen molar-refractivity contribution in [2.24, 2.45) is 0 Å². The van der Waals surface area contributed by atoms with Gasteiger partial charge in [0.05, 0.1) is 12.2 Å². The molecule has 1 aromatic rings. The highest BCUT2D eigenvalue weighted by Gasteiger charge is 2.05. The molecule has 0 unspecified atom stereocenters. The van der Waals surface area contributed by atoms with Gasteiger partial charge in [-0.15, -0.1) is 0 Å². The molecule has 0 atom stereocenters. The van der Waals surface area contributed by atoms with Gasteiger partial charge in [0.15, 0.2) is 0 Å². The zero-order valence-corrected chi connectivity index (χ0v) is 10.9. The maximum Gasteiger partial charge on any atom is 0.338 e. The molecule has 0 radical (unpaired) electrons. The zero-order chi connectivity index (χ0) is 12.0. The van der Waals surface area contributed by atoms with Gasteiger partial charge in [-0.05, 0) is 31.2 Å². The molecule has 94 valence electrons. The van der Waals surface area contributed by atoms with Crippen LogP contribution in [0, 0.1) is 0 Å². The third-order valence-corrected chi connectivity index (χ3v) is 1.77. The lowest BCUT2D eigenvalue weighted by molar-refractivity contribution is -0.466. The number of ether oxygens (including phenoxy) is 2. The van der Waals surface area contributed by atoms with Gasteiger partial charge in [0, 0.05) is 0 Å². The van der Waals surface area contributed by atoms with Crippen molar-refractivity contribution in [1.29, 1.82) is 0 Å². The van der Waals surface area contributed by atoms with Crippen molar-refractivity contribution in [2.75, 3.05) is 20.7 Å². The fourth-order valence-corrected chi connectivity index (χ4v) is 1.05. The number of benzene rings is 1. The Balaban J connectivity index is 0.00000256. The Bertz CT molecular complexity index is 383. The predicted molar refractivity (Wildman–Crippen MR) is 61.2 cm³/mol. The molecule has 1 rings (SSSR count). The van der Waals surface area contributed by atoms with Crippen molar-refractivity contribution >= 4 is 12.4 Å². The molecule has 0 aliphatic heterocycles. The molecule has 0 aliphatic carbocycles. The van der Waals surface area contributed by atoms with Crippen LogP contribution in [0.15, 0.2) is 24.3 Å². The molecule has 0 heterocycles. The summed E-state index contributed by atoms with van der Waals surface area (Å²) < 4.78 is 12.0. The number of hydrogen-bond donors (Lipinski definition) is 0. The third-order valence-electron chi connectivity index (χ3n) is 1.77. The van der Waals surface area contributed by atoms with E-state index in [1.165, 1.54) is 0 Å². The van der Waals surface area contributed by atoms with Crippen molar-refractivity contribution < 1.29 is 31.3 Å². The van der Waals surface area contributed by atoms with E-state index in [2.05, 4.69) is 0 Å². The molecule has 1 aromatic carbocycles. The monoisotopic (exact) mass is 257 g/mol. The Morgan fingerprint density at radius 3 is 2.35 bits per heavy atom. The van der Waals surface area contributed by atoms with E-state index in [-0.39, 0.29) is 18.4 Å². The van der Waals surface area contributed by atoms with Crippen molar-refractivity contribution in [2.45, 2.75) is 6.92 Å². The zero-order valence-electron chi connectivity index (χ0n) is 10.1. The topological polar surface area (TPSA) is 38.5 Å². The molecule has 0 aromatic heterocycles. The molecule has 0 aliphatic rings. The normalized spacial score (nSPS) is 8.88. The molecule has 0 N–H and O–H groups in total. The largest absolute Gasteiger partial charge is 1.00 e. The maximum atomic E-state index is 11.3. The standard InChI is InChI=1S/C12H16NO3.ClH/c1-4-15-12(14)10-5-7-11(8-6-10)16-9-13(2)3;/h5-9H,4H2,1-3H3;1H/q+1;/p-1. The van der Waals surface area contributed by atoms with E-state index in [0.717, 1.165) is 0 Å². The SMILES string of the molecule is CCOC(=O)c1ccc(OC=[N+](C)C)cc1.[Cl-]. The predicted octanol–water partition coefficient (Wildman–Crippen LogP) is -1.45. The minimum Gasteiger partial charge on any atom is -1.00 e. The van der Waals surface area contributed by atoms with Crippen LogP contribution in [0.5, 0.6) is 5.75 Å². The Hall–Kier alpha value is -1.55. The number of rotatable bonds is 4. The number of carbonyl (C=O) groups excluding carboxylic acids is 1. The van der Waals surface area contributed by atoms with Crippen LogP contribution in [-0.4, -0.2) is 37.6 Å². The van der Waals surface area contributed by atoms with Gasteiger partial charge < -0.3 is 21.9 Å². The summed E-state index contributed by atoms with van der Waals surface area (Å²) in [7, 11) is 3.74. The maximum absolute atomic E-state index is 11.3. The van der Waals surface area contributed by atoms with Gasteiger partial charge in [-0.1, -0.05) is 0 Å². The van der Waals surface area contributed by atoms with Crippen LogP contribution in [0.25, 0.3) is 0 Å². The van der Waals surface area contributed by atoms with E-state index < -0.39 is 0 Å². The lowest BCUT2D eigenvalue weighted by Gasteiger charge is -2.02. The molecule has 0 bridgehead atoms. The van der Waals surface area contributed by atoms with Crippen LogP contribution in [0.2, 0.25) is 0 Å². The van der Waals surface area contributed by atoms with E-state index in [9.17, 15) is 4.79 Å². The van der Waals surface area contributed by atoms with Gasteiger partial charge in [0.2, 0.25) is 0 Å². The van der Waals surface area contributed by atoms with Gasteiger partial charge in [-0.2, -0.15) is 0 Å². The number of halogens is 1. The highest BCUT2D eigenvalue weighted by Crippen LogP contribution is 2.12. The van der Waals surface area contributed by atoms with Gasteiger partial charge >= 0.3 is 12.4 Å². The summed E-state index contributed by atoms with van der Waals surface area (Å²) in [6.07, 6.45) is 1.58. The van der Waals surface area contributed by atoms with E-state index in [1.807, 2.05) is 14.1 Å².